The quantitative estimate of drug-likeness (QED) is 0.182. The molecule has 0 saturated heterocycles. The number of aromatic nitrogens is 2. The number of para-hydroxylation sites is 2. The number of rotatable bonds is 6. The third kappa shape index (κ3) is 4.06. The van der Waals surface area contributed by atoms with E-state index >= 15 is 0 Å². The standard InChI is InChI=1S/C23H17N3O3S/c1-15-20(25-19-10-6-5-9-18(19)24-15)14-30-22-12-11-17(13-21(22)26(28)29)23(27)16-7-3-2-4-8-16/h2-13H,14H2,1H3. The summed E-state index contributed by atoms with van der Waals surface area (Å²) in [4.78, 5) is 33.5. The zero-order chi connectivity index (χ0) is 21.1. The van der Waals surface area contributed by atoms with E-state index in [1.165, 1.54) is 17.8 Å². The molecule has 7 heteroatoms. The fourth-order valence-corrected chi connectivity index (χ4v) is 4.10. The largest absolute Gasteiger partial charge is 0.289 e. The third-order valence-corrected chi connectivity index (χ3v) is 5.74. The van der Waals surface area contributed by atoms with Crippen molar-refractivity contribution in [3.63, 3.8) is 0 Å². The van der Waals surface area contributed by atoms with Crippen LogP contribution in [0, 0.1) is 17.0 Å². The topological polar surface area (TPSA) is 86.0 Å². The van der Waals surface area contributed by atoms with Gasteiger partial charge in [-0.1, -0.05) is 42.5 Å². The number of carbonyl (C=O) groups is 1. The molecule has 0 radical (unpaired) electrons. The van der Waals surface area contributed by atoms with Crippen LogP contribution in [0.1, 0.15) is 27.3 Å². The van der Waals surface area contributed by atoms with Crippen LogP contribution in [0.25, 0.3) is 11.0 Å². The van der Waals surface area contributed by atoms with Gasteiger partial charge in [0, 0.05) is 22.9 Å². The highest BCUT2D eigenvalue weighted by Crippen LogP contribution is 2.33. The summed E-state index contributed by atoms with van der Waals surface area (Å²) < 4.78 is 0. The molecule has 0 spiro atoms. The van der Waals surface area contributed by atoms with Crippen LogP contribution in [0.4, 0.5) is 5.69 Å². The van der Waals surface area contributed by atoms with E-state index in [1.807, 2.05) is 37.3 Å². The van der Waals surface area contributed by atoms with Crippen LogP contribution in [0.2, 0.25) is 0 Å². The van der Waals surface area contributed by atoms with Crippen molar-refractivity contribution in [2.24, 2.45) is 0 Å². The van der Waals surface area contributed by atoms with Gasteiger partial charge in [0.15, 0.2) is 5.78 Å². The monoisotopic (exact) mass is 415 g/mol. The molecule has 4 aromatic rings. The van der Waals surface area contributed by atoms with Crippen LogP contribution in [-0.4, -0.2) is 20.7 Å². The Balaban J connectivity index is 1.61. The van der Waals surface area contributed by atoms with Gasteiger partial charge in [-0.2, -0.15) is 0 Å². The minimum absolute atomic E-state index is 0.0896. The van der Waals surface area contributed by atoms with Crippen molar-refractivity contribution in [1.29, 1.82) is 0 Å². The molecule has 1 aromatic heterocycles. The summed E-state index contributed by atoms with van der Waals surface area (Å²) in [5.74, 6) is 0.197. The Kier molecular flexibility index (Phi) is 5.54. The van der Waals surface area contributed by atoms with Crippen LogP contribution in [0.5, 0.6) is 0 Å². The number of hydrogen-bond acceptors (Lipinski definition) is 6. The smallest absolute Gasteiger partial charge is 0.283 e. The molecule has 0 fully saturated rings. The maximum Gasteiger partial charge on any atom is 0.283 e. The maximum absolute atomic E-state index is 12.6. The molecule has 3 aromatic carbocycles. The Bertz CT molecular complexity index is 1260. The third-order valence-electron chi connectivity index (χ3n) is 4.66. The number of thioether (sulfide) groups is 1. The summed E-state index contributed by atoms with van der Waals surface area (Å²) in [6.45, 7) is 1.88. The molecule has 30 heavy (non-hydrogen) atoms. The molecule has 0 N–H and O–H groups in total. The van der Waals surface area contributed by atoms with Gasteiger partial charge < -0.3 is 0 Å². The first-order valence-electron chi connectivity index (χ1n) is 9.26. The Morgan fingerprint density at radius 3 is 2.30 bits per heavy atom. The fraction of sp³-hybridized carbons (Fsp3) is 0.0870. The average Bonchev–Trinajstić information content (AvgIpc) is 2.77. The fourth-order valence-electron chi connectivity index (χ4n) is 3.09. The Morgan fingerprint density at radius 1 is 0.933 bits per heavy atom. The molecule has 0 amide bonds. The van der Waals surface area contributed by atoms with E-state index in [4.69, 9.17) is 0 Å². The summed E-state index contributed by atoms with van der Waals surface area (Å²) in [6.07, 6.45) is 0. The SMILES string of the molecule is Cc1nc2ccccc2nc1CSc1ccc(C(=O)c2ccccc2)cc1[N+](=O)[O-]. The number of nitrogens with zero attached hydrogens (tertiary/aromatic N) is 3. The molecule has 0 atom stereocenters. The lowest BCUT2D eigenvalue weighted by Gasteiger charge is -2.08. The first-order chi connectivity index (χ1) is 14.5. The van der Waals surface area contributed by atoms with E-state index < -0.39 is 4.92 Å². The Hall–Kier alpha value is -3.58. The van der Waals surface area contributed by atoms with Gasteiger partial charge in [-0.05, 0) is 31.2 Å². The average molecular weight is 415 g/mol. The molecule has 1 heterocycles. The van der Waals surface area contributed by atoms with Crippen molar-refractivity contribution < 1.29 is 9.72 Å². The second-order valence-electron chi connectivity index (χ2n) is 6.67. The van der Waals surface area contributed by atoms with Crippen LogP contribution in [-0.2, 0) is 5.75 Å². The van der Waals surface area contributed by atoms with Gasteiger partial charge >= 0.3 is 0 Å². The van der Waals surface area contributed by atoms with Gasteiger partial charge in [0.2, 0.25) is 0 Å². The zero-order valence-corrected chi connectivity index (χ0v) is 16.9. The molecule has 0 unspecified atom stereocenters. The van der Waals surface area contributed by atoms with Crippen molar-refractivity contribution in [1.82, 2.24) is 9.97 Å². The molecule has 0 aliphatic heterocycles. The van der Waals surface area contributed by atoms with E-state index in [-0.39, 0.29) is 11.5 Å². The van der Waals surface area contributed by atoms with Crippen molar-refractivity contribution in [2.45, 2.75) is 17.6 Å². The minimum atomic E-state index is -0.455. The Morgan fingerprint density at radius 2 is 1.60 bits per heavy atom. The number of aryl methyl sites for hydroxylation is 1. The van der Waals surface area contributed by atoms with Crippen molar-refractivity contribution in [2.75, 3.05) is 0 Å². The zero-order valence-electron chi connectivity index (χ0n) is 16.1. The number of benzene rings is 3. The summed E-state index contributed by atoms with van der Waals surface area (Å²) in [5.41, 5.74) is 3.87. The van der Waals surface area contributed by atoms with E-state index in [0.717, 1.165) is 22.4 Å². The number of fused-ring (bicyclic) bond motifs is 1. The summed E-state index contributed by atoms with van der Waals surface area (Å²) in [6, 6.07) is 20.9. The molecule has 6 nitrogen and oxygen atoms in total. The van der Waals surface area contributed by atoms with Gasteiger partial charge in [-0.3, -0.25) is 14.9 Å². The predicted molar refractivity (Wildman–Crippen MR) is 117 cm³/mol. The highest BCUT2D eigenvalue weighted by atomic mass is 32.2. The second kappa shape index (κ2) is 8.42. The number of nitro groups is 1. The predicted octanol–water partition coefficient (Wildman–Crippen LogP) is 5.37. The molecule has 0 aliphatic rings. The summed E-state index contributed by atoms with van der Waals surface area (Å²) in [5, 5.41) is 11.6. The lowest BCUT2D eigenvalue weighted by molar-refractivity contribution is -0.387. The molecular weight excluding hydrogens is 398 g/mol. The lowest BCUT2D eigenvalue weighted by Crippen LogP contribution is -2.03. The molecular formula is C23H17N3O3S. The normalized spacial score (nSPS) is 10.8. The van der Waals surface area contributed by atoms with E-state index in [2.05, 4.69) is 9.97 Å². The summed E-state index contributed by atoms with van der Waals surface area (Å²) in [7, 11) is 0. The van der Waals surface area contributed by atoms with Gasteiger partial charge in [-0.15, -0.1) is 11.8 Å². The lowest BCUT2D eigenvalue weighted by atomic mass is 10.0. The van der Waals surface area contributed by atoms with E-state index in [1.54, 1.807) is 36.4 Å². The van der Waals surface area contributed by atoms with Crippen LogP contribution >= 0.6 is 11.8 Å². The molecule has 148 valence electrons. The van der Waals surface area contributed by atoms with Crippen molar-refractivity contribution in [3.05, 3.63) is 105 Å². The van der Waals surface area contributed by atoms with Gasteiger partial charge in [0.05, 0.1) is 32.2 Å². The second-order valence-corrected chi connectivity index (χ2v) is 7.69. The van der Waals surface area contributed by atoms with E-state index in [9.17, 15) is 14.9 Å². The number of hydrogen-bond donors (Lipinski definition) is 0. The Labute approximate surface area is 177 Å². The molecule has 0 saturated carbocycles. The number of ketones is 1. The first kappa shape index (κ1) is 19.7. The number of nitro benzene ring substituents is 1. The maximum atomic E-state index is 12.6. The van der Waals surface area contributed by atoms with Gasteiger partial charge in [0.1, 0.15) is 0 Å². The highest BCUT2D eigenvalue weighted by Gasteiger charge is 2.19. The van der Waals surface area contributed by atoms with Crippen LogP contribution < -0.4 is 0 Å². The van der Waals surface area contributed by atoms with Crippen LogP contribution in [0.3, 0.4) is 0 Å². The van der Waals surface area contributed by atoms with Gasteiger partial charge in [0.25, 0.3) is 5.69 Å². The van der Waals surface area contributed by atoms with Crippen LogP contribution in [0.15, 0.2) is 77.7 Å². The molecule has 0 aliphatic carbocycles. The summed E-state index contributed by atoms with van der Waals surface area (Å²) >= 11 is 1.31. The molecule has 4 rings (SSSR count). The minimum Gasteiger partial charge on any atom is -0.289 e. The highest BCUT2D eigenvalue weighted by molar-refractivity contribution is 7.98. The van der Waals surface area contributed by atoms with E-state index in [0.29, 0.717) is 21.8 Å². The van der Waals surface area contributed by atoms with Gasteiger partial charge in [-0.25, -0.2) is 9.97 Å². The van der Waals surface area contributed by atoms with Crippen molar-refractivity contribution >= 4 is 34.3 Å². The number of carbonyl (C=O) groups excluding carboxylic acids is 1. The van der Waals surface area contributed by atoms with Crippen molar-refractivity contribution in [3.8, 4) is 0 Å². The first-order valence-corrected chi connectivity index (χ1v) is 10.2. The molecule has 0 bridgehead atoms.